The molecule has 2 N–H and O–H groups in total. The number of piperazine rings is 2. The predicted molar refractivity (Wildman–Crippen MR) is 133 cm³/mol. The average Bonchev–Trinajstić information content (AvgIpc) is 2.86. The van der Waals surface area contributed by atoms with Crippen LogP contribution < -0.4 is 15.5 Å². The fourth-order valence-corrected chi connectivity index (χ4v) is 4.40. The summed E-state index contributed by atoms with van der Waals surface area (Å²) in [7, 11) is 0. The Morgan fingerprint density at radius 3 is 2.40 bits per heavy atom. The first kappa shape index (κ1) is 24.6. The molecular formula is C25H33N7O3. The first-order valence-corrected chi connectivity index (χ1v) is 12.1. The molecule has 2 aliphatic heterocycles. The molecule has 1 unspecified atom stereocenters. The van der Waals surface area contributed by atoms with Crippen molar-refractivity contribution in [3.05, 3.63) is 48.3 Å². The van der Waals surface area contributed by atoms with Crippen molar-refractivity contribution in [1.82, 2.24) is 25.1 Å². The monoisotopic (exact) mass is 479 g/mol. The lowest BCUT2D eigenvalue weighted by atomic mass is 10.0. The second-order valence-electron chi connectivity index (χ2n) is 9.23. The minimum absolute atomic E-state index is 0.0807. The molecule has 1 atom stereocenters. The van der Waals surface area contributed by atoms with Gasteiger partial charge in [-0.2, -0.15) is 0 Å². The Labute approximate surface area is 205 Å². The van der Waals surface area contributed by atoms with Crippen LogP contribution in [-0.4, -0.2) is 89.3 Å². The molecule has 35 heavy (non-hydrogen) atoms. The number of anilines is 2. The van der Waals surface area contributed by atoms with Gasteiger partial charge in [-0.1, -0.05) is 26.0 Å². The van der Waals surface area contributed by atoms with Crippen molar-refractivity contribution in [3.63, 3.8) is 0 Å². The SMILES string of the molecule is CC(C)c1ccc(NC(=O)CC2C(=O)NCCN2C(=O)CN2CCN(c3ncccn3)CC2)cc1. The molecule has 186 valence electrons. The summed E-state index contributed by atoms with van der Waals surface area (Å²) in [4.78, 5) is 52.7. The van der Waals surface area contributed by atoms with E-state index < -0.39 is 6.04 Å². The largest absolute Gasteiger partial charge is 0.353 e. The Bertz CT molecular complexity index is 1020. The Kier molecular flexibility index (Phi) is 7.91. The Balaban J connectivity index is 1.31. The van der Waals surface area contributed by atoms with E-state index in [1.54, 1.807) is 23.4 Å². The van der Waals surface area contributed by atoms with Crippen molar-refractivity contribution in [1.29, 1.82) is 0 Å². The van der Waals surface area contributed by atoms with E-state index in [2.05, 4.69) is 44.2 Å². The molecule has 4 rings (SSSR count). The van der Waals surface area contributed by atoms with E-state index in [1.165, 1.54) is 5.56 Å². The number of aromatic nitrogens is 2. The van der Waals surface area contributed by atoms with Gasteiger partial charge in [-0.25, -0.2) is 9.97 Å². The van der Waals surface area contributed by atoms with Crippen LogP contribution in [0.15, 0.2) is 42.7 Å². The predicted octanol–water partition coefficient (Wildman–Crippen LogP) is 1.08. The van der Waals surface area contributed by atoms with E-state index in [0.717, 1.165) is 13.1 Å². The summed E-state index contributed by atoms with van der Waals surface area (Å²) in [6, 6.07) is 8.64. The average molecular weight is 480 g/mol. The van der Waals surface area contributed by atoms with E-state index in [4.69, 9.17) is 0 Å². The van der Waals surface area contributed by atoms with Gasteiger partial charge in [-0.05, 0) is 29.7 Å². The second kappa shape index (κ2) is 11.3. The molecule has 10 heteroatoms. The summed E-state index contributed by atoms with van der Waals surface area (Å²) in [5.41, 5.74) is 1.86. The molecule has 2 fully saturated rings. The van der Waals surface area contributed by atoms with E-state index in [-0.39, 0.29) is 30.7 Å². The molecule has 3 amide bonds. The molecule has 0 radical (unpaired) electrons. The summed E-state index contributed by atoms with van der Waals surface area (Å²) in [6.45, 7) is 8.05. The number of rotatable bonds is 7. The van der Waals surface area contributed by atoms with Crippen LogP contribution in [0.25, 0.3) is 0 Å². The number of amides is 3. The Hall–Kier alpha value is -3.53. The zero-order chi connectivity index (χ0) is 24.8. The number of carbonyl (C=O) groups is 3. The van der Waals surface area contributed by atoms with E-state index >= 15 is 0 Å². The van der Waals surface area contributed by atoms with Crippen LogP contribution in [0.4, 0.5) is 11.6 Å². The summed E-state index contributed by atoms with van der Waals surface area (Å²) in [5.74, 6) is 0.374. The van der Waals surface area contributed by atoms with Gasteiger partial charge >= 0.3 is 0 Å². The van der Waals surface area contributed by atoms with E-state index in [0.29, 0.717) is 43.7 Å². The maximum Gasteiger partial charge on any atom is 0.243 e. The first-order valence-electron chi connectivity index (χ1n) is 12.1. The third-order valence-electron chi connectivity index (χ3n) is 6.46. The van der Waals surface area contributed by atoms with Crippen LogP contribution >= 0.6 is 0 Å². The lowest BCUT2D eigenvalue weighted by Crippen LogP contribution is -2.60. The van der Waals surface area contributed by atoms with Gasteiger partial charge in [0.15, 0.2) is 0 Å². The van der Waals surface area contributed by atoms with Crippen molar-refractivity contribution in [2.24, 2.45) is 0 Å². The van der Waals surface area contributed by atoms with E-state index in [9.17, 15) is 14.4 Å². The van der Waals surface area contributed by atoms with Crippen molar-refractivity contribution >= 4 is 29.4 Å². The van der Waals surface area contributed by atoms with Gasteiger partial charge in [0, 0.05) is 57.3 Å². The molecule has 1 aromatic carbocycles. The van der Waals surface area contributed by atoms with Gasteiger partial charge in [-0.3, -0.25) is 19.3 Å². The Morgan fingerprint density at radius 1 is 1.06 bits per heavy atom. The number of nitrogens with zero attached hydrogens (tertiary/aromatic N) is 5. The third kappa shape index (κ3) is 6.33. The van der Waals surface area contributed by atoms with Gasteiger partial charge in [0.2, 0.25) is 23.7 Å². The highest BCUT2D eigenvalue weighted by Crippen LogP contribution is 2.18. The zero-order valence-electron chi connectivity index (χ0n) is 20.3. The molecule has 3 heterocycles. The second-order valence-corrected chi connectivity index (χ2v) is 9.23. The molecule has 10 nitrogen and oxygen atoms in total. The minimum atomic E-state index is -0.815. The van der Waals surface area contributed by atoms with Crippen molar-refractivity contribution in [2.75, 3.05) is 56.0 Å². The number of nitrogens with one attached hydrogen (secondary N) is 2. The zero-order valence-corrected chi connectivity index (χ0v) is 20.3. The fraction of sp³-hybridized carbons (Fsp3) is 0.480. The molecule has 0 spiro atoms. The van der Waals surface area contributed by atoms with Crippen LogP contribution in [-0.2, 0) is 14.4 Å². The maximum atomic E-state index is 13.1. The Morgan fingerprint density at radius 2 is 1.74 bits per heavy atom. The summed E-state index contributed by atoms with van der Waals surface area (Å²) in [6.07, 6.45) is 3.36. The fourth-order valence-electron chi connectivity index (χ4n) is 4.40. The lowest BCUT2D eigenvalue weighted by Gasteiger charge is -2.38. The number of hydrogen-bond donors (Lipinski definition) is 2. The van der Waals surface area contributed by atoms with E-state index in [1.807, 2.05) is 24.3 Å². The summed E-state index contributed by atoms with van der Waals surface area (Å²) >= 11 is 0. The standard InChI is InChI=1S/C25H33N7O3/c1-18(2)19-4-6-20(7-5-19)29-22(33)16-21-24(35)26-10-11-32(21)23(34)17-30-12-14-31(15-13-30)25-27-8-3-9-28-25/h3-9,18,21H,10-17H2,1-2H3,(H,26,35)(H,29,33). The van der Waals surface area contributed by atoms with Crippen LogP contribution in [0.5, 0.6) is 0 Å². The number of carbonyl (C=O) groups excluding carboxylic acids is 3. The van der Waals surface area contributed by atoms with Gasteiger partial charge < -0.3 is 20.4 Å². The van der Waals surface area contributed by atoms with Crippen LogP contribution in [0.3, 0.4) is 0 Å². The first-order chi connectivity index (χ1) is 16.9. The van der Waals surface area contributed by atoms with Gasteiger partial charge in [-0.15, -0.1) is 0 Å². The quantitative estimate of drug-likeness (QED) is 0.611. The van der Waals surface area contributed by atoms with Crippen LogP contribution in [0.1, 0.15) is 31.7 Å². The minimum Gasteiger partial charge on any atom is -0.353 e. The lowest BCUT2D eigenvalue weighted by molar-refractivity contribution is -0.145. The highest BCUT2D eigenvalue weighted by atomic mass is 16.2. The molecule has 0 saturated carbocycles. The third-order valence-corrected chi connectivity index (χ3v) is 6.46. The smallest absolute Gasteiger partial charge is 0.243 e. The normalized spacial score (nSPS) is 18.9. The highest BCUT2D eigenvalue weighted by Gasteiger charge is 2.35. The maximum absolute atomic E-state index is 13.1. The van der Waals surface area contributed by atoms with Crippen molar-refractivity contribution in [3.8, 4) is 0 Å². The number of hydrogen-bond acceptors (Lipinski definition) is 7. The molecule has 2 aliphatic rings. The van der Waals surface area contributed by atoms with Gasteiger partial charge in [0.1, 0.15) is 6.04 Å². The van der Waals surface area contributed by atoms with Crippen molar-refractivity contribution in [2.45, 2.75) is 32.2 Å². The summed E-state index contributed by atoms with van der Waals surface area (Å²) in [5, 5.41) is 5.64. The number of benzene rings is 1. The highest BCUT2D eigenvalue weighted by molar-refractivity contribution is 5.97. The van der Waals surface area contributed by atoms with Crippen LogP contribution in [0, 0.1) is 0 Å². The van der Waals surface area contributed by atoms with Gasteiger partial charge in [0.25, 0.3) is 0 Å². The molecular weight excluding hydrogens is 446 g/mol. The molecule has 1 aromatic heterocycles. The van der Waals surface area contributed by atoms with Crippen molar-refractivity contribution < 1.29 is 14.4 Å². The summed E-state index contributed by atoms with van der Waals surface area (Å²) < 4.78 is 0. The van der Waals surface area contributed by atoms with Crippen LogP contribution in [0.2, 0.25) is 0 Å². The molecule has 2 saturated heterocycles. The topological polar surface area (TPSA) is 111 Å². The van der Waals surface area contributed by atoms with Gasteiger partial charge in [0.05, 0.1) is 13.0 Å². The molecule has 0 bridgehead atoms. The molecule has 2 aromatic rings. The molecule has 0 aliphatic carbocycles.